The van der Waals surface area contributed by atoms with Crippen molar-refractivity contribution in [3.05, 3.63) is 29.3 Å². The molecule has 2 fully saturated rings. The van der Waals surface area contributed by atoms with Crippen molar-refractivity contribution in [2.24, 2.45) is 0 Å². The molecule has 0 spiro atoms. The van der Waals surface area contributed by atoms with E-state index in [1.54, 1.807) is 14.2 Å². The van der Waals surface area contributed by atoms with Crippen molar-refractivity contribution < 1.29 is 19.0 Å². The van der Waals surface area contributed by atoms with Crippen LogP contribution >= 0.6 is 0 Å². The molecule has 3 rings (SSSR count). The predicted octanol–water partition coefficient (Wildman–Crippen LogP) is 2.93. The lowest BCUT2D eigenvalue weighted by molar-refractivity contribution is -0.143. The molecule has 0 aliphatic heterocycles. The first-order valence-corrected chi connectivity index (χ1v) is 7.44. The van der Waals surface area contributed by atoms with Gasteiger partial charge in [0, 0.05) is 12.7 Å². The number of benzene rings is 1. The van der Waals surface area contributed by atoms with Crippen molar-refractivity contribution in [2.45, 2.75) is 43.1 Å². The molecule has 0 heterocycles. The molecular weight excluding hydrogens is 268 g/mol. The number of hydrogen-bond donors (Lipinski definition) is 0. The normalized spacial score (nSPS) is 21.3. The summed E-state index contributed by atoms with van der Waals surface area (Å²) in [6.45, 7) is 0. The van der Waals surface area contributed by atoms with E-state index in [0.717, 1.165) is 42.6 Å². The molecule has 114 valence electrons. The van der Waals surface area contributed by atoms with Crippen LogP contribution in [0, 0.1) is 0 Å². The Labute approximate surface area is 125 Å². The lowest BCUT2D eigenvalue weighted by Gasteiger charge is -2.41. The Hall–Kier alpha value is -1.55. The fourth-order valence-electron chi connectivity index (χ4n) is 3.38. The van der Waals surface area contributed by atoms with Gasteiger partial charge in [-0.3, -0.25) is 4.79 Å². The average Bonchev–Trinajstić information content (AvgIpc) is 3.27. The number of carbonyl (C=O) groups is 1. The molecule has 0 atom stereocenters. The monoisotopic (exact) mass is 290 g/mol. The van der Waals surface area contributed by atoms with Gasteiger partial charge in [-0.2, -0.15) is 0 Å². The van der Waals surface area contributed by atoms with Crippen molar-refractivity contribution >= 4 is 5.97 Å². The van der Waals surface area contributed by atoms with Crippen LogP contribution < -0.4 is 4.74 Å². The topological polar surface area (TPSA) is 44.8 Å². The molecule has 4 nitrogen and oxygen atoms in total. The number of rotatable bonds is 5. The molecule has 0 unspecified atom stereocenters. The minimum absolute atomic E-state index is 0.168. The van der Waals surface area contributed by atoms with E-state index < -0.39 is 5.41 Å². The summed E-state index contributed by atoms with van der Waals surface area (Å²) in [6.07, 6.45) is 4.87. The smallest absolute Gasteiger partial charge is 0.316 e. The highest BCUT2D eigenvalue weighted by molar-refractivity contribution is 5.87. The zero-order valence-electron chi connectivity index (χ0n) is 12.9. The van der Waals surface area contributed by atoms with Crippen LogP contribution in [-0.4, -0.2) is 27.3 Å². The summed E-state index contributed by atoms with van der Waals surface area (Å²) in [5.74, 6) is 0.588. The first kappa shape index (κ1) is 14.4. The van der Waals surface area contributed by atoms with Gasteiger partial charge in [0.2, 0.25) is 0 Å². The van der Waals surface area contributed by atoms with Crippen LogP contribution in [0.15, 0.2) is 18.2 Å². The van der Waals surface area contributed by atoms with Gasteiger partial charge >= 0.3 is 5.97 Å². The molecule has 0 radical (unpaired) electrons. The lowest BCUT2D eigenvalue weighted by atomic mass is 9.74. The van der Waals surface area contributed by atoms with E-state index in [2.05, 4.69) is 12.1 Å². The maximum absolute atomic E-state index is 12.2. The Morgan fingerprint density at radius 2 is 1.81 bits per heavy atom. The Morgan fingerprint density at radius 1 is 1.10 bits per heavy atom. The third-order valence-electron chi connectivity index (χ3n) is 5.12. The highest BCUT2D eigenvalue weighted by atomic mass is 16.5. The number of carbonyl (C=O) groups excluding carboxylic acids is 1. The van der Waals surface area contributed by atoms with E-state index in [1.807, 2.05) is 6.07 Å². The van der Waals surface area contributed by atoms with Gasteiger partial charge in [0.05, 0.1) is 25.2 Å². The third-order valence-corrected chi connectivity index (χ3v) is 5.12. The van der Waals surface area contributed by atoms with Gasteiger partial charge in [-0.15, -0.1) is 0 Å². The molecule has 0 bridgehead atoms. The summed E-state index contributed by atoms with van der Waals surface area (Å²) in [6, 6.07) is 6.09. The molecule has 0 aromatic heterocycles. The van der Waals surface area contributed by atoms with E-state index in [4.69, 9.17) is 14.2 Å². The summed E-state index contributed by atoms with van der Waals surface area (Å²) in [5, 5.41) is 0. The molecule has 0 saturated heterocycles. The first-order valence-electron chi connectivity index (χ1n) is 7.44. The minimum atomic E-state index is -0.519. The van der Waals surface area contributed by atoms with Gasteiger partial charge in [0.1, 0.15) is 5.75 Å². The highest BCUT2D eigenvalue weighted by Crippen LogP contribution is 2.54. The van der Waals surface area contributed by atoms with Crippen molar-refractivity contribution in [1.82, 2.24) is 0 Å². The summed E-state index contributed by atoms with van der Waals surface area (Å²) in [4.78, 5) is 12.2. The largest absolute Gasteiger partial charge is 0.496 e. The van der Waals surface area contributed by atoms with Crippen LogP contribution in [0.25, 0.3) is 0 Å². The van der Waals surface area contributed by atoms with Gasteiger partial charge < -0.3 is 14.2 Å². The summed E-state index contributed by atoms with van der Waals surface area (Å²) in [5.41, 5.74) is 1.38. The second kappa shape index (κ2) is 5.02. The van der Waals surface area contributed by atoms with E-state index in [9.17, 15) is 4.79 Å². The Kier molecular flexibility index (Phi) is 3.44. The van der Waals surface area contributed by atoms with Crippen molar-refractivity contribution in [2.75, 3.05) is 21.3 Å². The molecule has 2 aliphatic carbocycles. The summed E-state index contributed by atoms with van der Waals surface area (Å²) < 4.78 is 16.2. The SMILES string of the molecule is COC(=O)C1(c2cc(C3(OC)CCC3)ccc2OC)CC1. The number of esters is 1. The standard InChI is InChI=1S/C17H22O4/c1-19-14-6-5-12(17(21-3)7-4-8-17)11-13(14)16(9-10-16)15(18)20-2/h5-6,11H,4,7-10H2,1-3H3. The maximum atomic E-state index is 12.2. The van der Waals surface area contributed by atoms with Crippen LogP contribution in [0.4, 0.5) is 0 Å². The summed E-state index contributed by atoms with van der Waals surface area (Å²) in [7, 11) is 4.85. The zero-order valence-corrected chi connectivity index (χ0v) is 12.9. The maximum Gasteiger partial charge on any atom is 0.316 e. The molecule has 2 aliphatic rings. The molecule has 4 heteroatoms. The predicted molar refractivity (Wildman–Crippen MR) is 78.5 cm³/mol. The highest BCUT2D eigenvalue weighted by Gasteiger charge is 2.54. The van der Waals surface area contributed by atoms with Crippen LogP contribution in [0.2, 0.25) is 0 Å². The van der Waals surface area contributed by atoms with E-state index >= 15 is 0 Å². The third kappa shape index (κ3) is 2.04. The van der Waals surface area contributed by atoms with Crippen LogP contribution in [0.5, 0.6) is 5.75 Å². The van der Waals surface area contributed by atoms with Gasteiger partial charge in [0.15, 0.2) is 0 Å². The van der Waals surface area contributed by atoms with Crippen molar-refractivity contribution in [3.8, 4) is 5.75 Å². The molecule has 0 N–H and O–H groups in total. The quantitative estimate of drug-likeness (QED) is 0.782. The minimum Gasteiger partial charge on any atom is -0.496 e. The van der Waals surface area contributed by atoms with Crippen LogP contribution in [0.1, 0.15) is 43.2 Å². The van der Waals surface area contributed by atoms with E-state index in [0.29, 0.717) is 0 Å². The fraction of sp³-hybridized carbons (Fsp3) is 0.588. The molecule has 21 heavy (non-hydrogen) atoms. The molecule has 1 aromatic carbocycles. The Bertz CT molecular complexity index is 550. The summed E-state index contributed by atoms with van der Waals surface area (Å²) >= 11 is 0. The molecule has 0 amide bonds. The average molecular weight is 290 g/mol. The van der Waals surface area contributed by atoms with Crippen molar-refractivity contribution in [1.29, 1.82) is 0 Å². The van der Waals surface area contributed by atoms with Crippen molar-refractivity contribution in [3.63, 3.8) is 0 Å². The first-order chi connectivity index (χ1) is 10.1. The number of ether oxygens (including phenoxy) is 3. The molecule has 2 saturated carbocycles. The zero-order chi connectivity index (χ0) is 15.1. The van der Waals surface area contributed by atoms with E-state index in [1.165, 1.54) is 13.5 Å². The second-order valence-electron chi connectivity index (χ2n) is 6.04. The second-order valence-corrected chi connectivity index (χ2v) is 6.04. The Morgan fingerprint density at radius 3 is 2.24 bits per heavy atom. The van der Waals surface area contributed by atoms with Crippen LogP contribution in [0.3, 0.4) is 0 Å². The van der Waals surface area contributed by atoms with Gasteiger partial charge in [0.25, 0.3) is 0 Å². The Balaban J connectivity index is 2.05. The molecular formula is C17H22O4. The lowest BCUT2D eigenvalue weighted by Crippen LogP contribution is -2.36. The van der Waals surface area contributed by atoms with Crippen LogP contribution in [-0.2, 0) is 25.3 Å². The number of hydrogen-bond acceptors (Lipinski definition) is 4. The van der Waals surface area contributed by atoms with Gasteiger partial charge in [-0.1, -0.05) is 6.07 Å². The number of methoxy groups -OCH3 is 3. The van der Waals surface area contributed by atoms with E-state index in [-0.39, 0.29) is 11.6 Å². The fourth-order valence-corrected chi connectivity index (χ4v) is 3.38. The van der Waals surface area contributed by atoms with Gasteiger partial charge in [-0.05, 0) is 49.8 Å². The molecule has 1 aromatic rings. The van der Waals surface area contributed by atoms with Gasteiger partial charge in [-0.25, -0.2) is 0 Å².